The molecule has 6 heteroatoms. The first-order valence-corrected chi connectivity index (χ1v) is 8.07. The van der Waals surface area contributed by atoms with Gasteiger partial charge in [0.25, 0.3) is 10.0 Å². The SMILES string of the molecule is CCNCc1ccc(NS(=O)(=O)c2ccc(F)cc2)cc1. The van der Waals surface area contributed by atoms with E-state index in [4.69, 9.17) is 0 Å². The number of hydrogen-bond donors (Lipinski definition) is 2. The van der Waals surface area contributed by atoms with Gasteiger partial charge in [-0.3, -0.25) is 4.72 Å². The topological polar surface area (TPSA) is 58.2 Å². The largest absolute Gasteiger partial charge is 0.313 e. The molecule has 0 atom stereocenters. The van der Waals surface area contributed by atoms with Crippen molar-refractivity contribution in [2.75, 3.05) is 11.3 Å². The van der Waals surface area contributed by atoms with E-state index in [2.05, 4.69) is 10.0 Å². The Kier molecular flexibility index (Phi) is 4.93. The van der Waals surface area contributed by atoms with Crippen molar-refractivity contribution < 1.29 is 12.8 Å². The van der Waals surface area contributed by atoms with Crippen LogP contribution < -0.4 is 10.0 Å². The van der Waals surface area contributed by atoms with Crippen LogP contribution >= 0.6 is 0 Å². The summed E-state index contributed by atoms with van der Waals surface area (Å²) >= 11 is 0. The molecule has 0 aliphatic rings. The summed E-state index contributed by atoms with van der Waals surface area (Å²) in [5.74, 6) is -0.471. The van der Waals surface area contributed by atoms with E-state index in [1.54, 1.807) is 12.1 Å². The molecule has 0 unspecified atom stereocenters. The lowest BCUT2D eigenvalue weighted by Gasteiger charge is -2.09. The molecule has 0 heterocycles. The van der Waals surface area contributed by atoms with Crippen LogP contribution in [0.1, 0.15) is 12.5 Å². The van der Waals surface area contributed by atoms with Crippen molar-refractivity contribution in [1.82, 2.24) is 5.32 Å². The second kappa shape index (κ2) is 6.69. The molecule has 2 N–H and O–H groups in total. The molecule has 2 aromatic rings. The second-order valence-corrected chi connectivity index (χ2v) is 6.22. The number of nitrogens with one attached hydrogen (secondary N) is 2. The van der Waals surface area contributed by atoms with Crippen LogP contribution in [-0.4, -0.2) is 15.0 Å². The van der Waals surface area contributed by atoms with Crippen LogP contribution in [0.4, 0.5) is 10.1 Å². The van der Waals surface area contributed by atoms with Gasteiger partial charge in [-0.15, -0.1) is 0 Å². The van der Waals surface area contributed by atoms with Crippen LogP contribution in [0.2, 0.25) is 0 Å². The van der Waals surface area contributed by atoms with E-state index < -0.39 is 15.8 Å². The number of halogens is 1. The Hall–Kier alpha value is -1.92. The maximum Gasteiger partial charge on any atom is 0.261 e. The lowest BCUT2D eigenvalue weighted by atomic mass is 10.2. The summed E-state index contributed by atoms with van der Waals surface area (Å²) < 4.78 is 39.5. The summed E-state index contributed by atoms with van der Waals surface area (Å²) in [7, 11) is -3.69. The van der Waals surface area contributed by atoms with E-state index in [1.807, 2.05) is 19.1 Å². The van der Waals surface area contributed by atoms with E-state index in [1.165, 1.54) is 12.1 Å². The standard InChI is InChI=1S/C15H17FN2O2S/c1-2-17-11-12-3-7-14(8-4-12)18-21(19,20)15-9-5-13(16)6-10-15/h3-10,17-18H,2,11H2,1H3. The van der Waals surface area contributed by atoms with Gasteiger partial charge in [0, 0.05) is 12.2 Å². The molecule has 0 radical (unpaired) electrons. The van der Waals surface area contributed by atoms with Gasteiger partial charge in [-0.1, -0.05) is 19.1 Å². The van der Waals surface area contributed by atoms with Crippen molar-refractivity contribution in [1.29, 1.82) is 0 Å². The molecule has 4 nitrogen and oxygen atoms in total. The Morgan fingerprint density at radius 1 is 1.00 bits per heavy atom. The third-order valence-electron chi connectivity index (χ3n) is 2.91. The molecule has 0 aliphatic carbocycles. The summed E-state index contributed by atoms with van der Waals surface area (Å²) in [6.07, 6.45) is 0. The number of anilines is 1. The maximum atomic E-state index is 12.8. The molecule has 2 aromatic carbocycles. The molecule has 0 amide bonds. The summed E-state index contributed by atoms with van der Waals surface area (Å²) in [6.45, 7) is 3.63. The summed E-state index contributed by atoms with van der Waals surface area (Å²) in [6, 6.07) is 11.8. The van der Waals surface area contributed by atoms with Gasteiger partial charge in [-0.05, 0) is 48.5 Å². The van der Waals surface area contributed by atoms with Gasteiger partial charge in [0.15, 0.2) is 0 Å². The summed E-state index contributed by atoms with van der Waals surface area (Å²) in [4.78, 5) is 0.0284. The zero-order valence-electron chi connectivity index (χ0n) is 11.6. The molecular weight excluding hydrogens is 291 g/mol. The maximum absolute atomic E-state index is 12.8. The van der Waals surface area contributed by atoms with Gasteiger partial charge in [-0.2, -0.15) is 0 Å². The molecule has 0 aliphatic heterocycles. The lowest BCUT2D eigenvalue weighted by molar-refractivity contribution is 0.599. The van der Waals surface area contributed by atoms with Crippen LogP contribution in [-0.2, 0) is 16.6 Å². The first-order valence-electron chi connectivity index (χ1n) is 6.59. The first-order chi connectivity index (χ1) is 10.0. The smallest absolute Gasteiger partial charge is 0.261 e. The van der Waals surface area contributed by atoms with E-state index >= 15 is 0 Å². The molecule has 2 rings (SSSR count). The average Bonchev–Trinajstić information content (AvgIpc) is 2.47. The highest BCUT2D eigenvalue weighted by Crippen LogP contribution is 2.17. The van der Waals surface area contributed by atoms with Crippen molar-refractivity contribution in [3.8, 4) is 0 Å². The molecule has 112 valence electrons. The van der Waals surface area contributed by atoms with Gasteiger partial charge >= 0.3 is 0 Å². The minimum absolute atomic E-state index is 0.0284. The van der Waals surface area contributed by atoms with Gasteiger partial charge in [0.1, 0.15) is 5.82 Å². The molecule has 0 saturated heterocycles. The monoisotopic (exact) mass is 308 g/mol. The highest BCUT2D eigenvalue weighted by molar-refractivity contribution is 7.92. The zero-order valence-corrected chi connectivity index (χ0v) is 12.5. The average molecular weight is 308 g/mol. The summed E-state index contributed by atoms with van der Waals surface area (Å²) in [5.41, 5.74) is 1.54. The van der Waals surface area contributed by atoms with E-state index in [0.29, 0.717) is 5.69 Å². The number of hydrogen-bond acceptors (Lipinski definition) is 3. The molecule has 0 bridgehead atoms. The minimum atomic E-state index is -3.69. The van der Waals surface area contributed by atoms with Crippen molar-refractivity contribution in [2.45, 2.75) is 18.4 Å². The Balaban J connectivity index is 2.11. The van der Waals surface area contributed by atoms with Crippen LogP contribution in [0.3, 0.4) is 0 Å². The van der Waals surface area contributed by atoms with E-state index in [0.717, 1.165) is 30.8 Å². The highest BCUT2D eigenvalue weighted by atomic mass is 32.2. The Bertz CT molecular complexity index is 683. The molecule has 21 heavy (non-hydrogen) atoms. The van der Waals surface area contributed by atoms with Crippen LogP contribution in [0.15, 0.2) is 53.4 Å². The van der Waals surface area contributed by atoms with Crippen molar-refractivity contribution in [3.63, 3.8) is 0 Å². The summed E-state index contributed by atoms with van der Waals surface area (Å²) in [5, 5.41) is 3.19. The van der Waals surface area contributed by atoms with Crippen LogP contribution in [0.25, 0.3) is 0 Å². The van der Waals surface area contributed by atoms with Crippen LogP contribution in [0.5, 0.6) is 0 Å². The third kappa shape index (κ3) is 4.27. The van der Waals surface area contributed by atoms with Gasteiger partial charge in [0.05, 0.1) is 4.90 Å². The quantitative estimate of drug-likeness (QED) is 0.862. The first kappa shape index (κ1) is 15.5. The number of rotatable bonds is 6. The Morgan fingerprint density at radius 2 is 1.62 bits per heavy atom. The Morgan fingerprint density at radius 3 is 2.19 bits per heavy atom. The third-order valence-corrected chi connectivity index (χ3v) is 4.31. The highest BCUT2D eigenvalue weighted by Gasteiger charge is 2.13. The molecule has 0 saturated carbocycles. The second-order valence-electron chi connectivity index (χ2n) is 4.54. The fourth-order valence-electron chi connectivity index (χ4n) is 1.79. The lowest BCUT2D eigenvalue weighted by Crippen LogP contribution is -2.13. The van der Waals surface area contributed by atoms with Gasteiger partial charge < -0.3 is 5.32 Å². The fourth-order valence-corrected chi connectivity index (χ4v) is 2.85. The van der Waals surface area contributed by atoms with Gasteiger partial charge in [-0.25, -0.2) is 12.8 Å². The van der Waals surface area contributed by atoms with Crippen molar-refractivity contribution in [3.05, 3.63) is 59.9 Å². The molecular formula is C15H17FN2O2S. The van der Waals surface area contributed by atoms with Crippen molar-refractivity contribution >= 4 is 15.7 Å². The van der Waals surface area contributed by atoms with Crippen LogP contribution in [0, 0.1) is 5.82 Å². The molecule has 0 aromatic heterocycles. The molecule has 0 fully saturated rings. The number of sulfonamides is 1. The molecule has 0 spiro atoms. The number of benzene rings is 2. The minimum Gasteiger partial charge on any atom is -0.313 e. The normalized spacial score (nSPS) is 11.3. The van der Waals surface area contributed by atoms with Crippen molar-refractivity contribution in [2.24, 2.45) is 0 Å². The predicted molar refractivity (Wildman–Crippen MR) is 81.0 cm³/mol. The fraction of sp³-hybridized carbons (Fsp3) is 0.200. The van der Waals surface area contributed by atoms with Gasteiger partial charge in [0.2, 0.25) is 0 Å². The zero-order chi connectivity index (χ0) is 15.3. The van der Waals surface area contributed by atoms with E-state index in [9.17, 15) is 12.8 Å². The Labute approximate surface area is 124 Å². The predicted octanol–water partition coefficient (Wildman–Crippen LogP) is 2.74. The van der Waals surface area contributed by atoms with E-state index in [-0.39, 0.29) is 4.90 Å².